The number of carbonyl (C=O) groups is 1. The van der Waals surface area contributed by atoms with Gasteiger partial charge >= 0.3 is 5.97 Å². The molecule has 0 amide bonds. The molecule has 0 aromatic heterocycles. The summed E-state index contributed by atoms with van der Waals surface area (Å²) < 4.78 is 31.1. The largest absolute Gasteiger partial charge is 0.467 e. The first kappa shape index (κ1) is 15.3. The second-order valence-corrected chi connectivity index (χ2v) is 4.69. The van der Waals surface area contributed by atoms with Crippen LogP contribution in [-0.2, 0) is 9.53 Å². The predicted molar refractivity (Wildman–Crippen MR) is 76.2 cm³/mol. The lowest BCUT2D eigenvalue weighted by Gasteiger charge is -2.18. The molecule has 0 radical (unpaired) electrons. The topological polar surface area (TPSA) is 38.3 Å². The summed E-state index contributed by atoms with van der Waals surface area (Å²) in [5.41, 5.74) is 0.857. The van der Waals surface area contributed by atoms with Crippen LogP contribution in [0.25, 0.3) is 0 Å². The lowest BCUT2D eigenvalue weighted by Crippen LogP contribution is -2.22. The Bertz CT molecular complexity index is 647. The van der Waals surface area contributed by atoms with E-state index in [0.29, 0.717) is 11.3 Å². The van der Waals surface area contributed by atoms with E-state index in [1.54, 1.807) is 0 Å². The Labute approximate surface area is 125 Å². The number of methoxy groups -OCH3 is 1. The number of nitrogens with one attached hydrogen (secondary N) is 1. The van der Waals surface area contributed by atoms with Gasteiger partial charge in [-0.3, -0.25) is 0 Å². The molecule has 2 aromatic carbocycles. The van der Waals surface area contributed by atoms with Crippen molar-refractivity contribution in [1.82, 2.24) is 0 Å². The van der Waals surface area contributed by atoms with E-state index in [-0.39, 0.29) is 5.02 Å². The van der Waals surface area contributed by atoms with Gasteiger partial charge in [0, 0.05) is 5.69 Å². The minimum Gasteiger partial charge on any atom is -0.467 e. The van der Waals surface area contributed by atoms with Gasteiger partial charge in [0.1, 0.15) is 11.6 Å². The number of anilines is 1. The summed E-state index contributed by atoms with van der Waals surface area (Å²) in [6.45, 7) is 0. The molecule has 6 heteroatoms. The zero-order chi connectivity index (χ0) is 15.4. The molecule has 0 heterocycles. The fraction of sp³-hybridized carbons (Fsp3) is 0.133. The van der Waals surface area contributed by atoms with Gasteiger partial charge in [-0.1, -0.05) is 17.7 Å². The average molecular weight is 312 g/mol. The monoisotopic (exact) mass is 311 g/mol. The number of esters is 1. The van der Waals surface area contributed by atoms with Gasteiger partial charge < -0.3 is 10.1 Å². The molecule has 0 saturated heterocycles. The minimum absolute atomic E-state index is 0.0378. The molecule has 1 N–H and O–H groups in total. The van der Waals surface area contributed by atoms with E-state index < -0.39 is 23.6 Å². The molecular formula is C15H12ClF2NO2. The number of rotatable bonds is 4. The lowest BCUT2D eigenvalue weighted by atomic mass is 10.1. The molecule has 3 nitrogen and oxygen atoms in total. The van der Waals surface area contributed by atoms with E-state index >= 15 is 0 Å². The van der Waals surface area contributed by atoms with Crippen LogP contribution in [0.1, 0.15) is 11.6 Å². The van der Waals surface area contributed by atoms with Gasteiger partial charge in [-0.05, 0) is 42.0 Å². The highest BCUT2D eigenvalue weighted by Gasteiger charge is 2.22. The number of halogens is 3. The second-order valence-electron chi connectivity index (χ2n) is 4.28. The van der Waals surface area contributed by atoms with Crippen molar-refractivity contribution in [1.29, 1.82) is 0 Å². The molecule has 0 aliphatic carbocycles. The molecule has 0 aliphatic rings. The number of carbonyl (C=O) groups excluding carboxylic acids is 1. The molecule has 21 heavy (non-hydrogen) atoms. The summed E-state index contributed by atoms with van der Waals surface area (Å²) in [5.74, 6) is -1.63. The molecule has 2 aromatic rings. The van der Waals surface area contributed by atoms with Crippen LogP contribution in [0.2, 0.25) is 5.02 Å². The summed E-state index contributed by atoms with van der Waals surface area (Å²) in [6.07, 6.45) is 0. The third-order valence-electron chi connectivity index (χ3n) is 2.87. The molecule has 0 bridgehead atoms. The molecule has 0 saturated carbocycles. The van der Waals surface area contributed by atoms with Crippen LogP contribution >= 0.6 is 11.6 Å². The highest BCUT2D eigenvalue weighted by Crippen LogP contribution is 2.24. The number of hydrogen-bond acceptors (Lipinski definition) is 3. The first-order chi connectivity index (χ1) is 10.0. The zero-order valence-corrected chi connectivity index (χ0v) is 11.8. The highest BCUT2D eigenvalue weighted by atomic mass is 35.5. The normalized spacial score (nSPS) is 11.8. The van der Waals surface area contributed by atoms with Crippen molar-refractivity contribution in [3.8, 4) is 0 Å². The Morgan fingerprint density at radius 2 is 1.86 bits per heavy atom. The quantitative estimate of drug-likeness (QED) is 0.869. The van der Waals surface area contributed by atoms with E-state index in [1.807, 2.05) is 0 Å². The maximum absolute atomic E-state index is 13.5. The van der Waals surface area contributed by atoms with Crippen LogP contribution < -0.4 is 5.32 Å². The van der Waals surface area contributed by atoms with Crippen molar-refractivity contribution in [3.63, 3.8) is 0 Å². The van der Waals surface area contributed by atoms with Crippen molar-refractivity contribution in [2.75, 3.05) is 12.4 Å². The molecular weight excluding hydrogens is 300 g/mol. The van der Waals surface area contributed by atoms with Gasteiger partial charge in [-0.2, -0.15) is 0 Å². The molecule has 1 unspecified atom stereocenters. The van der Waals surface area contributed by atoms with Gasteiger partial charge in [-0.15, -0.1) is 0 Å². The fourth-order valence-electron chi connectivity index (χ4n) is 1.80. The summed E-state index contributed by atoms with van der Waals surface area (Å²) in [6, 6.07) is 8.54. The Hall–Kier alpha value is -2.14. The Morgan fingerprint density at radius 1 is 1.19 bits per heavy atom. The Balaban J connectivity index is 2.31. The van der Waals surface area contributed by atoms with Gasteiger partial charge in [0.2, 0.25) is 0 Å². The number of benzene rings is 2. The highest BCUT2D eigenvalue weighted by molar-refractivity contribution is 6.30. The average Bonchev–Trinajstić information content (AvgIpc) is 2.49. The first-order valence-corrected chi connectivity index (χ1v) is 6.44. The van der Waals surface area contributed by atoms with Crippen molar-refractivity contribution in [2.45, 2.75) is 6.04 Å². The second kappa shape index (κ2) is 6.54. The van der Waals surface area contributed by atoms with Crippen LogP contribution in [0, 0.1) is 11.6 Å². The first-order valence-electron chi connectivity index (χ1n) is 6.06. The van der Waals surface area contributed by atoms with Crippen molar-refractivity contribution in [3.05, 3.63) is 64.7 Å². The maximum atomic E-state index is 13.5. The third kappa shape index (κ3) is 3.70. The molecule has 0 fully saturated rings. The number of ether oxygens (including phenoxy) is 1. The summed E-state index contributed by atoms with van der Waals surface area (Å²) in [4.78, 5) is 11.9. The lowest BCUT2D eigenvalue weighted by molar-refractivity contribution is -0.141. The van der Waals surface area contributed by atoms with Crippen LogP contribution in [0.3, 0.4) is 0 Å². The minimum atomic E-state index is -0.924. The van der Waals surface area contributed by atoms with Gasteiger partial charge in [0.25, 0.3) is 0 Å². The molecule has 2 rings (SSSR count). The third-order valence-corrected chi connectivity index (χ3v) is 3.18. The molecule has 1 atom stereocenters. The fourth-order valence-corrected chi connectivity index (χ4v) is 1.92. The zero-order valence-electron chi connectivity index (χ0n) is 11.1. The van der Waals surface area contributed by atoms with Crippen LogP contribution in [0.4, 0.5) is 14.5 Å². The van der Waals surface area contributed by atoms with E-state index in [4.69, 9.17) is 16.3 Å². The van der Waals surface area contributed by atoms with Crippen LogP contribution in [0.15, 0.2) is 42.5 Å². The van der Waals surface area contributed by atoms with E-state index in [0.717, 1.165) is 6.07 Å². The van der Waals surface area contributed by atoms with E-state index in [1.165, 1.54) is 43.5 Å². The van der Waals surface area contributed by atoms with Crippen molar-refractivity contribution >= 4 is 23.3 Å². The standard InChI is InChI=1S/C15H12ClF2NO2/c1-21-15(20)14(9-2-7-12(16)13(18)8-9)19-11-5-3-10(17)4-6-11/h2-8,14,19H,1H3. The number of hydrogen-bond donors (Lipinski definition) is 1. The molecule has 0 spiro atoms. The molecule has 110 valence electrons. The van der Waals surface area contributed by atoms with Crippen LogP contribution in [-0.4, -0.2) is 13.1 Å². The molecule has 0 aliphatic heterocycles. The summed E-state index contributed by atoms with van der Waals surface area (Å²) in [5, 5.41) is 2.83. The summed E-state index contributed by atoms with van der Waals surface area (Å²) >= 11 is 5.62. The van der Waals surface area contributed by atoms with Gasteiger partial charge in [-0.25, -0.2) is 13.6 Å². The van der Waals surface area contributed by atoms with E-state index in [2.05, 4.69) is 5.32 Å². The maximum Gasteiger partial charge on any atom is 0.332 e. The van der Waals surface area contributed by atoms with Gasteiger partial charge in [0.15, 0.2) is 6.04 Å². The smallest absolute Gasteiger partial charge is 0.332 e. The van der Waals surface area contributed by atoms with Crippen molar-refractivity contribution in [2.24, 2.45) is 0 Å². The van der Waals surface area contributed by atoms with Crippen LogP contribution in [0.5, 0.6) is 0 Å². The van der Waals surface area contributed by atoms with Crippen molar-refractivity contribution < 1.29 is 18.3 Å². The van der Waals surface area contributed by atoms with E-state index in [9.17, 15) is 13.6 Å². The van der Waals surface area contributed by atoms with Gasteiger partial charge in [0.05, 0.1) is 12.1 Å². The predicted octanol–water partition coefficient (Wildman–Crippen LogP) is 3.94. The Morgan fingerprint density at radius 3 is 2.43 bits per heavy atom. The Kier molecular flexibility index (Phi) is 4.75. The summed E-state index contributed by atoms with van der Waals surface area (Å²) in [7, 11) is 1.23. The SMILES string of the molecule is COC(=O)C(Nc1ccc(F)cc1)c1ccc(Cl)c(F)c1.